The first kappa shape index (κ1) is 15.6. The third kappa shape index (κ3) is 3.52. The zero-order chi connectivity index (χ0) is 15.0. The number of rotatable bonds is 3. The van der Waals surface area contributed by atoms with E-state index in [1.807, 2.05) is 39.2 Å². The summed E-state index contributed by atoms with van der Waals surface area (Å²) in [4.78, 5) is 12.2. The monoisotopic (exact) mass is 266 g/mol. The van der Waals surface area contributed by atoms with Crippen molar-refractivity contribution >= 4 is 11.8 Å². The maximum Gasteiger partial charge on any atom is 0.342 e. The lowest BCUT2D eigenvalue weighted by Crippen LogP contribution is -2.24. The fourth-order valence-electron chi connectivity index (χ4n) is 2.08. The van der Waals surface area contributed by atoms with Gasteiger partial charge in [-0.25, -0.2) is 4.79 Å². The molecule has 108 valence electrons. The Morgan fingerprint density at radius 3 is 2.26 bits per heavy atom. The lowest BCUT2D eigenvalue weighted by molar-refractivity contribution is 0.00701. The largest absolute Gasteiger partial charge is 0.456 e. The Morgan fingerprint density at radius 1 is 1.32 bits per heavy atom. The summed E-state index contributed by atoms with van der Waals surface area (Å²) < 4.78 is 7.43. The fourth-order valence-corrected chi connectivity index (χ4v) is 2.08. The zero-order valence-corrected chi connectivity index (χ0v) is 13.1. The van der Waals surface area contributed by atoms with Crippen LogP contribution < -0.4 is 5.73 Å². The van der Waals surface area contributed by atoms with Gasteiger partial charge in [0.1, 0.15) is 17.0 Å². The summed E-state index contributed by atoms with van der Waals surface area (Å²) in [6.45, 7) is 14.5. The van der Waals surface area contributed by atoms with Crippen molar-refractivity contribution in [2.24, 2.45) is 5.92 Å². The molecule has 0 atom stereocenters. The molecular formula is C15H26N2O2. The number of nitrogens with two attached hydrogens (primary N) is 1. The molecule has 0 aliphatic rings. The molecule has 1 aromatic heterocycles. The average Bonchev–Trinajstić information content (AvgIpc) is 2.39. The number of esters is 1. The minimum atomic E-state index is -0.510. The molecule has 0 saturated heterocycles. The van der Waals surface area contributed by atoms with Crippen LogP contribution in [0.1, 0.15) is 56.2 Å². The van der Waals surface area contributed by atoms with Gasteiger partial charge < -0.3 is 15.0 Å². The predicted octanol–water partition coefficient (Wildman–Crippen LogP) is 3.30. The van der Waals surface area contributed by atoms with Crippen LogP contribution in [-0.2, 0) is 11.3 Å². The number of aromatic nitrogens is 1. The Bertz CT molecular complexity index is 479. The molecule has 0 aliphatic carbocycles. The maximum atomic E-state index is 12.2. The van der Waals surface area contributed by atoms with E-state index in [-0.39, 0.29) is 5.97 Å². The summed E-state index contributed by atoms with van der Waals surface area (Å²) in [6, 6.07) is 0. The molecule has 0 bridgehead atoms. The quantitative estimate of drug-likeness (QED) is 0.854. The second-order valence-electron chi connectivity index (χ2n) is 6.48. The number of nitrogens with zero attached hydrogens (tertiary/aromatic N) is 1. The fraction of sp³-hybridized carbons (Fsp3) is 0.667. The Morgan fingerprint density at radius 2 is 1.84 bits per heavy atom. The number of hydrogen-bond acceptors (Lipinski definition) is 3. The molecule has 4 heteroatoms. The standard InChI is InChI=1S/C15H26N2O2/c1-9(2)8-17-11(4)10(3)12(13(17)16)14(18)19-15(5,6)7/h9H,8,16H2,1-7H3. The maximum absolute atomic E-state index is 12.2. The number of nitrogen functional groups attached to an aromatic ring is 1. The van der Waals surface area contributed by atoms with Gasteiger partial charge in [0.2, 0.25) is 0 Å². The SMILES string of the molecule is Cc1c(C(=O)OC(C)(C)C)c(N)n(CC(C)C)c1C. The second kappa shape index (κ2) is 5.27. The van der Waals surface area contributed by atoms with Crippen LogP contribution in [0.4, 0.5) is 5.82 Å². The van der Waals surface area contributed by atoms with Crippen LogP contribution in [0, 0.1) is 19.8 Å². The summed E-state index contributed by atoms with van der Waals surface area (Å²) in [6.07, 6.45) is 0. The lowest BCUT2D eigenvalue weighted by Gasteiger charge is -2.19. The molecule has 0 amide bonds. The van der Waals surface area contributed by atoms with Crippen LogP contribution in [-0.4, -0.2) is 16.1 Å². The van der Waals surface area contributed by atoms with Crippen molar-refractivity contribution in [3.05, 3.63) is 16.8 Å². The normalized spacial score (nSPS) is 12.0. The highest BCUT2D eigenvalue weighted by Gasteiger charge is 2.26. The molecule has 0 spiro atoms. The number of ether oxygens (including phenoxy) is 1. The van der Waals surface area contributed by atoms with Gasteiger partial charge in [0, 0.05) is 12.2 Å². The van der Waals surface area contributed by atoms with E-state index in [1.54, 1.807) is 0 Å². The van der Waals surface area contributed by atoms with Crippen LogP contribution in [0.25, 0.3) is 0 Å². The molecule has 0 aromatic carbocycles. The molecule has 2 N–H and O–H groups in total. The van der Waals surface area contributed by atoms with Crippen LogP contribution in [0.2, 0.25) is 0 Å². The van der Waals surface area contributed by atoms with Gasteiger partial charge >= 0.3 is 5.97 Å². The van der Waals surface area contributed by atoms with Crippen molar-refractivity contribution in [1.82, 2.24) is 4.57 Å². The Balaban J connectivity index is 3.19. The van der Waals surface area contributed by atoms with Crippen molar-refractivity contribution in [2.75, 3.05) is 5.73 Å². The lowest BCUT2D eigenvalue weighted by atomic mass is 10.1. The number of anilines is 1. The van der Waals surface area contributed by atoms with Gasteiger partial charge in [0.25, 0.3) is 0 Å². The zero-order valence-electron chi connectivity index (χ0n) is 13.1. The van der Waals surface area contributed by atoms with E-state index in [9.17, 15) is 4.79 Å². The first-order valence-electron chi connectivity index (χ1n) is 6.73. The summed E-state index contributed by atoms with van der Waals surface area (Å²) in [5.41, 5.74) is 8.08. The highest BCUT2D eigenvalue weighted by atomic mass is 16.6. The summed E-state index contributed by atoms with van der Waals surface area (Å²) in [7, 11) is 0. The molecule has 0 aliphatic heterocycles. The third-order valence-corrected chi connectivity index (χ3v) is 3.02. The van der Waals surface area contributed by atoms with E-state index in [0.29, 0.717) is 17.3 Å². The second-order valence-corrected chi connectivity index (χ2v) is 6.48. The van der Waals surface area contributed by atoms with Gasteiger partial charge in [-0.1, -0.05) is 13.8 Å². The highest BCUT2D eigenvalue weighted by molar-refractivity contribution is 5.97. The predicted molar refractivity (Wildman–Crippen MR) is 78.3 cm³/mol. The van der Waals surface area contributed by atoms with E-state index < -0.39 is 5.60 Å². The molecule has 19 heavy (non-hydrogen) atoms. The first-order valence-corrected chi connectivity index (χ1v) is 6.73. The van der Waals surface area contributed by atoms with E-state index in [0.717, 1.165) is 17.8 Å². The van der Waals surface area contributed by atoms with Crippen molar-refractivity contribution in [1.29, 1.82) is 0 Å². The number of hydrogen-bond donors (Lipinski definition) is 1. The van der Waals surface area contributed by atoms with Crippen LogP contribution in [0.15, 0.2) is 0 Å². The Kier molecular flexibility index (Phi) is 4.33. The molecule has 0 unspecified atom stereocenters. The van der Waals surface area contributed by atoms with E-state index in [4.69, 9.17) is 10.5 Å². The van der Waals surface area contributed by atoms with Gasteiger partial charge in [-0.05, 0) is 46.1 Å². The van der Waals surface area contributed by atoms with Gasteiger partial charge in [-0.3, -0.25) is 0 Å². The topological polar surface area (TPSA) is 57.2 Å². The Hall–Kier alpha value is -1.45. The summed E-state index contributed by atoms with van der Waals surface area (Å²) >= 11 is 0. The van der Waals surface area contributed by atoms with E-state index in [1.165, 1.54) is 0 Å². The molecule has 0 radical (unpaired) electrons. The van der Waals surface area contributed by atoms with Crippen molar-refractivity contribution in [3.8, 4) is 0 Å². The molecule has 0 saturated carbocycles. The highest BCUT2D eigenvalue weighted by Crippen LogP contribution is 2.27. The van der Waals surface area contributed by atoms with Gasteiger partial charge in [0.15, 0.2) is 0 Å². The third-order valence-electron chi connectivity index (χ3n) is 3.02. The van der Waals surface area contributed by atoms with Crippen molar-refractivity contribution in [3.63, 3.8) is 0 Å². The molecular weight excluding hydrogens is 240 g/mol. The van der Waals surface area contributed by atoms with Gasteiger partial charge in [0.05, 0.1) is 0 Å². The van der Waals surface area contributed by atoms with Crippen molar-refractivity contribution in [2.45, 2.75) is 60.6 Å². The molecule has 4 nitrogen and oxygen atoms in total. The summed E-state index contributed by atoms with van der Waals surface area (Å²) in [5, 5.41) is 0. The molecule has 1 heterocycles. The van der Waals surface area contributed by atoms with Crippen LogP contribution >= 0.6 is 0 Å². The minimum absolute atomic E-state index is 0.340. The first-order chi connectivity index (χ1) is 8.54. The smallest absolute Gasteiger partial charge is 0.342 e. The number of carbonyl (C=O) groups excluding carboxylic acids is 1. The summed E-state index contributed by atoms with van der Waals surface area (Å²) in [5.74, 6) is 0.644. The Labute approximate surface area is 115 Å². The van der Waals surface area contributed by atoms with Crippen LogP contribution in [0.5, 0.6) is 0 Å². The molecule has 0 fully saturated rings. The van der Waals surface area contributed by atoms with E-state index >= 15 is 0 Å². The average molecular weight is 266 g/mol. The van der Waals surface area contributed by atoms with Crippen molar-refractivity contribution < 1.29 is 9.53 Å². The molecule has 1 rings (SSSR count). The minimum Gasteiger partial charge on any atom is -0.456 e. The molecule has 1 aromatic rings. The van der Waals surface area contributed by atoms with Crippen LogP contribution in [0.3, 0.4) is 0 Å². The van der Waals surface area contributed by atoms with Gasteiger partial charge in [-0.2, -0.15) is 0 Å². The van der Waals surface area contributed by atoms with Gasteiger partial charge in [-0.15, -0.1) is 0 Å². The number of carbonyl (C=O) groups is 1. The van der Waals surface area contributed by atoms with E-state index in [2.05, 4.69) is 13.8 Å².